The number of imide groups is 1. The van der Waals surface area contributed by atoms with Gasteiger partial charge < -0.3 is 0 Å². The highest BCUT2D eigenvalue weighted by molar-refractivity contribution is 7.18. The Balaban J connectivity index is 1.85. The summed E-state index contributed by atoms with van der Waals surface area (Å²) in [6.07, 6.45) is 0. The maximum absolute atomic E-state index is 12.7. The fourth-order valence-electron chi connectivity index (χ4n) is 2.42. The largest absolute Gasteiger partial charge is 0.371 e. The minimum atomic E-state index is -1.33. The van der Waals surface area contributed by atoms with E-state index in [0.717, 1.165) is 16.9 Å². The van der Waals surface area contributed by atoms with Crippen LogP contribution in [-0.2, 0) is 0 Å². The predicted molar refractivity (Wildman–Crippen MR) is 103 cm³/mol. The standard InChI is InChI=1S/C17H13FN6O4S/c1-10-9-12(7-8-13(10)24(27)28)14-20-21-16(29-14)22-23(17(26)19-18)15(25)11-5-3-2-4-6-11/h2-9H,1H3,(H,19,26)(H,21,22). The fraction of sp³-hybridized carbons (Fsp3) is 0.0588. The number of hydrazine groups is 1. The monoisotopic (exact) mass is 416 g/mol. The average Bonchev–Trinajstić information content (AvgIpc) is 3.20. The van der Waals surface area contributed by atoms with Crippen LogP contribution in [0.15, 0.2) is 48.5 Å². The second-order valence-corrected chi connectivity index (χ2v) is 6.67. The summed E-state index contributed by atoms with van der Waals surface area (Å²) in [5.41, 5.74) is 4.45. The molecule has 0 fully saturated rings. The van der Waals surface area contributed by atoms with Crippen molar-refractivity contribution in [2.75, 3.05) is 5.43 Å². The van der Waals surface area contributed by atoms with Crippen molar-refractivity contribution in [1.82, 2.24) is 20.7 Å². The van der Waals surface area contributed by atoms with Crippen LogP contribution >= 0.6 is 11.3 Å². The Morgan fingerprint density at radius 3 is 2.52 bits per heavy atom. The first kappa shape index (κ1) is 19.8. The molecule has 0 aliphatic rings. The normalized spacial score (nSPS) is 10.3. The van der Waals surface area contributed by atoms with Gasteiger partial charge in [0.25, 0.3) is 11.6 Å². The highest BCUT2D eigenvalue weighted by atomic mass is 32.1. The van der Waals surface area contributed by atoms with E-state index in [1.54, 1.807) is 31.2 Å². The van der Waals surface area contributed by atoms with Crippen LogP contribution in [0, 0.1) is 17.0 Å². The zero-order valence-electron chi connectivity index (χ0n) is 14.8. The van der Waals surface area contributed by atoms with Crippen molar-refractivity contribution in [3.63, 3.8) is 0 Å². The molecule has 2 N–H and O–H groups in total. The smallest absolute Gasteiger partial charge is 0.267 e. The summed E-state index contributed by atoms with van der Waals surface area (Å²) >= 11 is 0.978. The summed E-state index contributed by atoms with van der Waals surface area (Å²) in [5.74, 6) is -0.802. The van der Waals surface area contributed by atoms with Crippen LogP contribution in [0.1, 0.15) is 15.9 Å². The van der Waals surface area contributed by atoms with E-state index in [1.807, 2.05) is 0 Å². The highest BCUT2D eigenvalue weighted by Crippen LogP contribution is 2.30. The van der Waals surface area contributed by atoms with E-state index in [9.17, 15) is 24.2 Å². The molecule has 3 rings (SSSR count). The van der Waals surface area contributed by atoms with Crippen molar-refractivity contribution in [2.24, 2.45) is 0 Å². The Morgan fingerprint density at radius 1 is 1.17 bits per heavy atom. The summed E-state index contributed by atoms with van der Waals surface area (Å²) in [6, 6.07) is 10.9. The number of amides is 3. The molecule has 0 spiro atoms. The maximum atomic E-state index is 12.7. The van der Waals surface area contributed by atoms with Gasteiger partial charge in [0.2, 0.25) is 5.13 Å². The Labute approximate surface area is 167 Å². The van der Waals surface area contributed by atoms with E-state index in [0.29, 0.717) is 21.1 Å². The number of nitrogens with zero attached hydrogens (tertiary/aromatic N) is 4. The van der Waals surface area contributed by atoms with Gasteiger partial charge >= 0.3 is 6.03 Å². The van der Waals surface area contributed by atoms with Gasteiger partial charge in [0.05, 0.1) is 4.92 Å². The number of nitro benzene ring substituents is 1. The summed E-state index contributed by atoms with van der Waals surface area (Å²) in [5, 5.41) is 19.6. The number of hydrogen-bond donors (Lipinski definition) is 2. The van der Waals surface area contributed by atoms with E-state index in [2.05, 4.69) is 15.6 Å². The minimum absolute atomic E-state index is 0.0316. The van der Waals surface area contributed by atoms with E-state index in [-0.39, 0.29) is 16.4 Å². The van der Waals surface area contributed by atoms with Gasteiger partial charge in [-0.3, -0.25) is 20.3 Å². The zero-order valence-corrected chi connectivity index (χ0v) is 15.6. The van der Waals surface area contributed by atoms with Gasteiger partial charge in [0.1, 0.15) is 5.01 Å². The molecular formula is C17H13FN6O4S. The number of rotatable bonds is 5. The topological polar surface area (TPSA) is 130 Å². The number of halogens is 1. The summed E-state index contributed by atoms with van der Waals surface area (Å²) in [4.78, 5) is 34.7. The molecule has 1 heterocycles. The van der Waals surface area contributed by atoms with Crippen molar-refractivity contribution < 1.29 is 19.0 Å². The first-order valence-corrected chi connectivity index (χ1v) is 8.88. The molecule has 2 aromatic carbocycles. The van der Waals surface area contributed by atoms with Crippen LogP contribution in [0.4, 0.5) is 20.1 Å². The Morgan fingerprint density at radius 2 is 1.90 bits per heavy atom. The van der Waals surface area contributed by atoms with Crippen LogP contribution in [0.25, 0.3) is 10.6 Å². The molecule has 0 radical (unpaired) electrons. The number of carbonyl (C=O) groups is 2. The van der Waals surface area contributed by atoms with Gasteiger partial charge in [0.15, 0.2) is 0 Å². The summed E-state index contributed by atoms with van der Waals surface area (Å²) < 4.78 is 12.7. The number of nitro groups is 1. The lowest BCUT2D eigenvalue weighted by molar-refractivity contribution is -0.385. The number of benzene rings is 2. The first-order chi connectivity index (χ1) is 13.9. The van der Waals surface area contributed by atoms with Crippen molar-refractivity contribution in [1.29, 1.82) is 0 Å². The molecule has 148 valence electrons. The van der Waals surface area contributed by atoms with Crippen molar-refractivity contribution >= 4 is 34.1 Å². The van der Waals surface area contributed by atoms with Crippen LogP contribution < -0.4 is 11.0 Å². The predicted octanol–water partition coefficient (Wildman–Crippen LogP) is 3.49. The lowest BCUT2D eigenvalue weighted by Gasteiger charge is -2.18. The van der Waals surface area contributed by atoms with Gasteiger partial charge in [-0.1, -0.05) is 34.0 Å². The molecule has 0 aliphatic carbocycles. The number of urea groups is 1. The molecule has 0 aliphatic heterocycles. The fourth-order valence-corrected chi connectivity index (χ4v) is 3.15. The maximum Gasteiger partial charge on any atom is 0.371 e. The van der Waals surface area contributed by atoms with E-state index in [4.69, 9.17) is 0 Å². The Hall–Kier alpha value is -3.93. The number of aryl methyl sites for hydroxylation is 1. The van der Waals surface area contributed by atoms with Gasteiger partial charge in [-0.05, 0) is 31.2 Å². The summed E-state index contributed by atoms with van der Waals surface area (Å²) in [7, 11) is 0. The van der Waals surface area contributed by atoms with E-state index in [1.165, 1.54) is 24.3 Å². The minimum Gasteiger partial charge on any atom is -0.267 e. The molecule has 12 heteroatoms. The SMILES string of the molecule is Cc1cc(-c2nnc(NN(C(=O)NF)C(=O)c3ccccc3)s2)ccc1[N+](=O)[O-]. The van der Waals surface area contributed by atoms with Crippen LogP contribution in [-0.4, -0.2) is 32.1 Å². The van der Waals surface area contributed by atoms with Gasteiger partial charge in [0, 0.05) is 22.8 Å². The van der Waals surface area contributed by atoms with Crippen LogP contribution in [0.2, 0.25) is 0 Å². The zero-order chi connectivity index (χ0) is 21.0. The number of anilines is 1. The molecule has 0 saturated heterocycles. The van der Waals surface area contributed by atoms with Crippen molar-refractivity contribution in [3.05, 3.63) is 69.8 Å². The Bertz CT molecular complexity index is 1070. The van der Waals surface area contributed by atoms with Gasteiger partial charge in [-0.15, -0.1) is 10.2 Å². The third kappa shape index (κ3) is 4.32. The number of aromatic nitrogens is 2. The summed E-state index contributed by atoms with van der Waals surface area (Å²) in [6.45, 7) is 1.59. The third-order valence-corrected chi connectivity index (χ3v) is 4.66. The lowest BCUT2D eigenvalue weighted by atomic mass is 10.1. The van der Waals surface area contributed by atoms with E-state index >= 15 is 0 Å². The quantitative estimate of drug-likeness (QED) is 0.370. The molecule has 10 nitrogen and oxygen atoms in total. The molecule has 0 saturated carbocycles. The molecule has 0 unspecified atom stereocenters. The van der Waals surface area contributed by atoms with Crippen LogP contribution in [0.3, 0.4) is 0 Å². The number of hydrogen-bond acceptors (Lipinski definition) is 8. The first-order valence-electron chi connectivity index (χ1n) is 8.06. The van der Waals surface area contributed by atoms with Crippen molar-refractivity contribution in [2.45, 2.75) is 6.92 Å². The molecule has 29 heavy (non-hydrogen) atoms. The van der Waals surface area contributed by atoms with Gasteiger partial charge in [-0.2, -0.15) is 10.5 Å². The average molecular weight is 416 g/mol. The number of carbonyl (C=O) groups excluding carboxylic acids is 2. The molecule has 3 aromatic rings. The Kier molecular flexibility index (Phi) is 5.74. The molecule has 0 bridgehead atoms. The lowest BCUT2D eigenvalue weighted by Crippen LogP contribution is -2.45. The highest BCUT2D eigenvalue weighted by Gasteiger charge is 2.25. The van der Waals surface area contributed by atoms with E-state index < -0.39 is 16.9 Å². The molecule has 0 atom stereocenters. The van der Waals surface area contributed by atoms with Crippen molar-refractivity contribution in [3.8, 4) is 10.6 Å². The number of nitrogens with one attached hydrogen (secondary N) is 2. The molecular weight excluding hydrogens is 403 g/mol. The third-order valence-electron chi connectivity index (χ3n) is 3.78. The second-order valence-electron chi connectivity index (χ2n) is 5.69. The molecule has 3 amide bonds. The molecule has 1 aromatic heterocycles. The van der Waals surface area contributed by atoms with Gasteiger partial charge in [-0.25, -0.2) is 4.79 Å². The van der Waals surface area contributed by atoms with Crippen LogP contribution in [0.5, 0.6) is 0 Å². The second kappa shape index (κ2) is 8.39.